The Hall–Kier alpha value is 1.99. The van der Waals surface area contributed by atoms with E-state index in [4.69, 9.17) is 20.4 Å². The summed E-state index contributed by atoms with van der Waals surface area (Å²) in [6, 6.07) is 0. The first-order valence-corrected chi connectivity index (χ1v) is 3.20. The third-order valence-corrected chi connectivity index (χ3v) is 1.48. The molecule has 0 unspecified atom stereocenters. The van der Waals surface area contributed by atoms with Gasteiger partial charge in [-0.3, -0.25) is 0 Å². The topological polar surface area (TPSA) is 107 Å². The molecule has 4 N–H and O–H groups in total. The van der Waals surface area contributed by atoms with Gasteiger partial charge in [0, 0.05) is 96.9 Å². The van der Waals surface area contributed by atoms with E-state index >= 15 is 0 Å². The number of esters is 1. The van der Waals surface area contributed by atoms with Crippen LogP contribution in [0.25, 0.3) is 0 Å². The van der Waals surface area contributed by atoms with Gasteiger partial charge in [0.1, 0.15) is 6.10 Å². The second-order valence-corrected chi connectivity index (χ2v) is 2.31. The molecule has 0 aromatic heterocycles. The van der Waals surface area contributed by atoms with Gasteiger partial charge in [0.05, 0.1) is 6.61 Å². The Balaban J connectivity index is -0.000000480. The molecule has 0 fully saturated rings. The van der Waals surface area contributed by atoms with E-state index < -0.39 is 36.3 Å². The number of aliphatic hydroxyl groups excluding tert-OH is 4. The molecule has 0 bridgehead atoms. The SMILES string of the molecule is O=C1O[C@H]([C@@H](O)CO)C(O)=C1O.[Ca].[Na].[Na]. The van der Waals surface area contributed by atoms with Gasteiger partial charge in [0.25, 0.3) is 0 Å². The molecule has 0 saturated heterocycles. The zero-order valence-corrected chi connectivity index (χ0v) is 14.9. The number of cyclic esters (lactones) is 1. The predicted octanol–water partition coefficient (Wildman–Crippen LogP) is -2.55. The quantitative estimate of drug-likeness (QED) is 0.322. The molecule has 0 spiro atoms. The van der Waals surface area contributed by atoms with Crippen molar-refractivity contribution in [2.45, 2.75) is 12.2 Å². The molecule has 0 amide bonds. The van der Waals surface area contributed by atoms with Gasteiger partial charge < -0.3 is 25.2 Å². The van der Waals surface area contributed by atoms with Gasteiger partial charge in [-0.1, -0.05) is 0 Å². The fourth-order valence-electron chi connectivity index (χ4n) is 0.823. The molecule has 0 saturated carbocycles. The Morgan fingerprint density at radius 1 is 1.33 bits per heavy atom. The maximum Gasteiger partial charge on any atom is 0.377 e. The summed E-state index contributed by atoms with van der Waals surface area (Å²) in [5.74, 6) is -2.78. The minimum Gasteiger partial charge on any atom is -0.505 e. The number of carbonyl (C=O) groups excluding carboxylic acids is 1. The van der Waals surface area contributed by atoms with Crippen LogP contribution in [-0.4, -0.2) is 142 Å². The van der Waals surface area contributed by atoms with Crippen LogP contribution in [0, 0.1) is 0 Å². The maximum atomic E-state index is 10.5. The van der Waals surface area contributed by atoms with Gasteiger partial charge in [0.2, 0.25) is 5.76 Å². The molecule has 4 radical (unpaired) electrons. The number of rotatable bonds is 2. The molecule has 1 aliphatic heterocycles. The third kappa shape index (κ3) is 5.44. The van der Waals surface area contributed by atoms with Crippen LogP contribution in [0.3, 0.4) is 0 Å². The monoisotopic (exact) mass is 262 g/mol. The minimum atomic E-state index is -1.42. The molecule has 1 heterocycles. The van der Waals surface area contributed by atoms with E-state index in [0.717, 1.165) is 0 Å². The van der Waals surface area contributed by atoms with Gasteiger partial charge in [-0.25, -0.2) is 4.79 Å². The standard InChI is InChI=1S/C6H8O6.Ca.2Na/c7-1-2(8)5-3(9)4(10)6(11)12-5;;;/h2,5,7-10H,1H2;;;/t2-,5+;;;/m0.../s1. The summed E-state index contributed by atoms with van der Waals surface area (Å²) >= 11 is 0. The zero-order valence-electron chi connectivity index (χ0n) is 8.67. The number of carbonyl (C=O) groups is 1. The Kier molecular flexibility index (Phi) is 14.7. The molecule has 0 aromatic rings. The molecular weight excluding hydrogens is 254 g/mol. The van der Waals surface area contributed by atoms with Gasteiger partial charge in [0.15, 0.2) is 11.9 Å². The molecular formula is C6H8CaNa2O6. The van der Waals surface area contributed by atoms with E-state index in [-0.39, 0.29) is 96.9 Å². The Labute approximate surface area is 160 Å². The summed E-state index contributed by atoms with van der Waals surface area (Å²) in [5.41, 5.74) is 0. The van der Waals surface area contributed by atoms with Crippen LogP contribution in [0.1, 0.15) is 0 Å². The Morgan fingerprint density at radius 3 is 2.07 bits per heavy atom. The van der Waals surface area contributed by atoms with Crippen LogP contribution in [0.2, 0.25) is 0 Å². The van der Waals surface area contributed by atoms with Gasteiger partial charge in [-0.15, -0.1) is 0 Å². The second-order valence-electron chi connectivity index (χ2n) is 2.31. The summed E-state index contributed by atoms with van der Waals surface area (Å²) in [7, 11) is 0. The van der Waals surface area contributed by atoms with E-state index in [1.807, 2.05) is 0 Å². The van der Waals surface area contributed by atoms with Crippen molar-refractivity contribution in [3.8, 4) is 0 Å². The van der Waals surface area contributed by atoms with Crippen molar-refractivity contribution in [2.24, 2.45) is 0 Å². The summed E-state index contributed by atoms with van der Waals surface area (Å²) in [4.78, 5) is 10.5. The van der Waals surface area contributed by atoms with E-state index in [9.17, 15) is 4.79 Å². The molecule has 1 rings (SSSR count). The van der Waals surface area contributed by atoms with E-state index in [0.29, 0.717) is 0 Å². The number of hydrogen-bond acceptors (Lipinski definition) is 6. The summed E-state index contributed by atoms with van der Waals surface area (Å²) in [6.07, 6.45) is -2.78. The molecule has 2 atom stereocenters. The van der Waals surface area contributed by atoms with Crippen molar-refractivity contribution in [2.75, 3.05) is 6.61 Å². The minimum absolute atomic E-state index is 0. The van der Waals surface area contributed by atoms with E-state index in [1.165, 1.54) is 0 Å². The second kappa shape index (κ2) is 9.96. The van der Waals surface area contributed by atoms with Gasteiger partial charge in [-0.05, 0) is 0 Å². The van der Waals surface area contributed by atoms with Crippen molar-refractivity contribution in [1.29, 1.82) is 0 Å². The number of hydrogen-bond donors (Lipinski definition) is 4. The number of ether oxygens (including phenoxy) is 1. The first-order valence-electron chi connectivity index (χ1n) is 3.20. The Bertz CT molecular complexity index is 246. The largest absolute Gasteiger partial charge is 0.505 e. The first-order chi connectivity index (χ1) is 5.57. The normalized spacial score (nSPS) is 20.7. The summed E-state index contributed by atoms with van der Waals surface area (Å²) in [6.45, 7) is -0.671. The Morgan fingerprint density at radius 2 is 1.80 bits per heavy atom. The van der Waals surface area contributed by atoms with Crippen molar-refractivity contribution < 1.29 is 30.0 Å². The van der Waals surface area contributed by atoms with E-state index in [2.05, 4.69) is 4.74 Å². The van der Waals surface area contributed by atoms with Crippen LogP contribution in [-0.2, 0) is 9.53 Å². The molecule has 72 valence electrons. The fourth-order valence-corrected chi connectivity index (χ4v) is 0.823. The summed E-state index contributed by atoms with van der Waals surface area (Å²) in [5, 5.41) is 35.0. The summed E-state index contributed by atoms with van der Waals surface area (Å²) < 4.78 is 4.32. The fraction of sp³-hybridized carbons (Fsp3) is 0.500. The first kappa shape index (κ1) is 22.2. The predicted molar refractivity (Wildman–Crippen MR) is 52.5 cm³/mol. The molecule has 0 aromatic carbocycles. The van der Waals surface area contributed by atoms with E-state index in [1.54, 1.807) is 0 Å². The average molecular weight is 262 g/mol. The maximum absolute atomic E-state index is 10.5. The molecule has 9 heteroatoms. The molecule has 6 nitrogen and oxygen atoms in total. The van der Waals surface area contributed by atoms with Crippen molar-refractivity contribution in [1.82, 2.24) is 0 Å². The van der Waals surface area contributed by atoms with Crippen LogP contribution in [0.15, 0.2) is 11.5 Å². The molecule has 15 heavy (non-hydrogen) atoms. The van der Waals surface area contributed by atoms with Crippen molar-refractivity contribution in [3.05, 3.63) is 11.5 Å². The van der Waals surface area contributed by atoms with Crippen LogP contribution in [0.4, 0.5) is 0 Å². The van der Waals surface area contributed by atoms with Crippen molar-refractivity contribution in [3.63, 3.8) is 0 Å². The number of aliphatic hydroxyl groups is 4. The van der Waals surface area contributed by atoms with Gasteiger partial charge in [-0.2, -0.15) is 0 Å². The third-order valence-electron chi connectivity index (χ3n) is 1.48. The zero-order chi connectivity index (χ0) is 9.30. The smallest absolute Gasteiger partial charge is 0.377 e. The molecule has 1 aliphatic rings. The molecule has 0 aliphatic carbocycles. The van der Waals surface area contributed by atoms with Gasteiger partial charge >= 0.3 is 5.97 Å². The van der Waals surface area contributed by atoms with Crippen molar-refractivity contribution >= 4 is 103 Å². The van der Waals surface area contributed by atoms with Crippen LogP contribution in [0.5, 0.6) is 0 Å². The van der Waals surface area contributed by atoms with Crippen LogP contribution < -0.4 is 0 Å². The van der Waals surface area contributed by atoms with Crippen LogP contribution >= 0.6 is 0 Å². The average Bonchev–Trinajstić information content (AvgIpc) is 2.32.